The van der Waals surface area contributed by atoms with Gasteiger partial charge in [-0.05, 0) is 38.0 Å². The molecule has 0 aliphatic rings. The van der Waals surface area contributed by atoms with E-state index in [1.165, 1.54) is 6.07 Å². The second kappa shape index (κ2) is 5.72. The van der Waals surface area contributed by atoms with Crippen LogP contribution in [0.3, 0.4) is 0 Å². The van der Waals surface area contributed by atoms with Gasteiger partial charge in [0.1, 0.15) is 5.82 Å². The van der Waals surface area contributed by atoms with Crippen molar-refractivity contribution in [3.05, 3.63) is 52.1 Å². The Labute approximate surface area is 117 Å². The Bertz CT molecular complexity index is 580. The molecule has 0 bridgehead atoms. The number of hydrogen-bond acceptors (Lipinski definition) is 2. The average Bonchev–Trinajstić information content (AvgIpc) is 2.76. The van der Waals surface area contributed by atoms with E-state index in [2.05, 4.69) is 5.10 Å². The molecule has 3 nitrogen and oxygen atoms in total. The van der Waals surface area contributed by atoms with Crippen LogP contribution < -0.4 is 5.73 Å². The zero-order valence-electron chi connectivity index (χ0n) is 11.0. The lowest BCUT2D eigenvalue weighted by molar-refractivity contribution is 0.564. The molecule has 5 heteroatoms. The maximum atomic E-state index is 13.4. The van der Waals surface area contributed by atoms with Crippen molar-refractivity contribution in [1.29, 1.82) is 0 Å². The second-order valence-corrected chi connectivity index (χ2v) is 4.93. The van der Waals surface area contributed by atoms with E-state index >= 15 is 0 Å². The fourth-order valence-electron chi connectivity index (χ4n) is 2.16. The highest BCUT2D eigenvalue weighted by Crippen LogP contribution is 2.24. The Hall–Kier alpha value is -1.39. The molecule has 1 heterocycles. The summed E-state index contributed by atoms with van der Waals surface area (Å²) in [6.07, 6.45) is 0.488. The normalized spacial score (nSPS) is 12.7. The molecule has 1 aromatic carbocycles. The molecule has 0 saturated carbocycles. The molecule has 0 spiro atoms. The smallest absolute Gasteiger partial charge is 0.142 e. The molecule has 0 saturated heterocycles. The Kier molecular flexibility index (Phi) is 4.22. The molecule has 2 N–H and O–H groups in total. The number of hydrogen-bond donors (Lipinski definition) is 1. The molecule has 1 unspecified atom stereocenters. The summed E-state index contributed by atoms with van der Waals surface area (Å²) < 4.78 is 15.3. The van der Waals surface area contributed by atoms with E-state index in [9.17, 15) is 4.39 Å². The third-order valence-corrected chi connectivity index (χ3v) is 3.51. The Morgan fingerprint density at radius 3 is 2.89 bits per heavy atom. The molecule has 0 aliphatic carbocycles. The monoisotopic (exact) mass is 281 g/mol. The first kappa shape index (κ1) is 14.0. The third-order valence-electron chi connectivity index (χ3n) is 3.08. The van der Waals surface area contributed by atoms with E-state index in [-0.39, 0.29) is 11.1 Å². The van der Waals surface area contributed by atoms with Crippen molar-refractivity contribution in [3.8, 4) is 0 Å². The van der Waals surface area contributed by atoms with E-state index in [1.54, 1.807) is 12.1 Å². The Morgan fingerprint density at radius 1 is 1.47 bits per heavy atom. The van der Waals surface area contributed by atoms with Crippen molar-refractivity contribution >= 4 is 11.6 Å². The lowest BCUT2D eigenvalue weighted by Gasteiger charge is -2.14. The highest BCUT2D eigenvalue weighted by atomic mass is 35.5. The molecule has 2 aromatic rings. The number of benzene rings is 1. The van der Waals surface area contributed by atoms with Crippen LogP contribution >= 0.6 is 11.6 Å². The van der Waals surface area contributed by atoms with Gasteiger partial charge in [-0.15, -0.1) is 0 Å². The van der Waals surface area contributed by atoms with Crippen molar-refractivity contribution < 1.29 is 4.39 Å². The highest BCUT2D eigenvalue weighted by molar-refractivity contribution is 6.31. The summed E-state index contributed by atoms with van der Waals surface area (Å²) in [5.41, 5.74) is 8.79. The number of aryl methyl sites for hydroxylation is 2. The van der Waals surface area contributed by atoms with Gasteiger partial charge in [0.25, 0.3) is 0 Å². The molecule has 102 valence electrons. The molecule has 0 radical (unpaired) electrons. The molecule has 0 aliphatic heterocycles. The lowest BCUT2D eigenvalue weighted by Crippen LogP contribution is -2.18. The summed E-state index contributed by atoms with van der Waals surface area (Å²) in [7, 11) is 0. The van der Waals surface area contributed by atoms with Gasteiger partial charge >= 0.3 is 0 Å². The predicted octanol–water partition coefficient (Wildman–Crippen LogP) is 3.25. The van der Waals surface area contributed by atoms with Crippen LogP contribution in [-0.4, -0.2) is 9.78 Å². The molecule has 2 rings (SSSR count). The van der Waals surface area contributed by atoms with E-state index in [0.717, 1.165) is 23.5 Å². The van der Waals surface area contributed by atoms with Crippen molar-refractivity contribution in [2.45, 2.75) is 32.9 Å². The molecule has 19 heavy (non-hydrogen) atoms. The average molecular weight is 282 g/mol. The fourth-order valence-corrected chi connectivity index (χ4v) is 2.37. The number of halogens is 2. The summed E-state index contributed by atoms with van der Waals surface area (Å²) in [6.45, 7) is 4.70. The van der Waals surface area contributed by atoms with Crippen LogP contribution in [0.1, 0.15) is 29.9 Å². The van der Waals surface area contributed by atoms with Crippen molar-refractivity contribution in [2.24, 2.45) is 5.73 Å². The van der Waals surface area contributed by atoms with Crippen LogP contribution in [0.15, 0.2) is 24.3 Å². The number of aromatic nitrogens is 2. The van der Waals surface area contributed by atoms with Crippen LogP contribution in [0.5, 0.6) is 0 Å². The third kappa shape index (κ3) is 2.96. The molecule has 0 fully saturated rings. The van der Waals surface area contributed by atoms with Gasteiger partial charge in [-0.2, -0.15) is 5.10 Å². The minimum atomic E-state index is -0.411. The van der Waals surface area contributed by atoms with E-state index in [0.29, 0.717) is 6.42 Å². The van der Waals surface area contributed by atoms with Crippen LogP contribution in [0, 0.1) is 12.7 Å². The van der Waals surface area contributed by atoms with Crippen molar-refractivity contribution in [1.82, 2.24) is 9.78 Å². The predicted molar refractivity (Wildman–Crippen MR) is 74.7 cm³/mol. The summed E-state index contributed by atoms with van der Waals surface area (Å²) in [5, 5.41) is 4.51. The first-order valence-electron chi connectivity index (χ1n) is 6.25. The van der Waals surface area contributed by atoms with Gasteiger partial charge in [0.15, 0.2) is 0 Å². The fraction of sp³-hybridized carbons (Fsp3) is 0.357. The minimum Gasteiger partial charge on any atom is -0.322 e. The lowest BCUT2D eigenvalue weighted by atomic mass is 10.0. The number of nitrogens with zero attached hydrogens (tertiary/aromatic N) is 2. The van der Waals surface area contributed by atoms with Gasteiger partial charge in [-0.3, -0.25) is 4.68 Å². The van der Waals surface area contributed by atoms with Gasteiger partial charge < -0.3 is 5.73 Å². The number of nitrogens with two attached hydrogens (primary N) is 1. The molecule has 0 amide bonds. The summed E-state index contributed by atoms with van der Waals surface area (Å²) >= 11 is 5.95. The van der Waals surface area contributed by atoms with Crippen LogP contribution in [0.4, 0.5) is 4.39 Å². The topological polar surface area (TPSA) is 43.8 Å². The summed E-state index contributed by atoms with van der Waals surface area (Å²) in [6, 6.07) is 6.50. The zero-order valence-corrected chi connectivity index (χ0v) is 11.8. The minimum absolute atomic E-state index is 0.150. The largest absolute Gasteiger partial charge is 0.322 e. The molecule has 1 atom stereocenters. The number of rotatable bonds is 4. The van der Waals surface area contributed by atoms with Gasteiger partial charge in [-0.1, -0.05) is 23.7 Å². The van der Waals surface area contributed by atoms with E-state index < -0.39 is 5.82 Å². The van der Waals surface area contributed by atoms with Gasteiger partial charge in [0.05, 0.1) is 22.5 Å². The van der Waals surface area contributed by atoms with Crippen molar-refractivity contribution in [3.63, 3.8) is 0 Å². The van der Waals surface area contributed by atoms with Gasteiger partial charge in [0.2, 0.25) is 0 Å². The Morgan fingerprint density at radius 2 is 2.21 bits per heavy atom. The first-order chi connectivity index (χ1) is 9.02. The molecular formula is C14H17ClFN3. The Balaban J connectivity index is 2.25. The standard InChI is InChI=1S/C14H17ClFN3/c1-3-19-13(7-9(2)18-19)12(17)8-10-5-4-6-11(16)14(10)15/h4-7,12H,3,8,17H2,1-2H3. The highest BCUT2D eigenvalue weighted by Gasteiger charge is 2.16. The quantitative estimate of drug-likeness (QED) is 0.935. The maximum absolute atomic E-state index is 13.4. The summed E-state index contributed by atoms with van der Waals surface area (Å²) in [4.78, 5) is 0. The van der Waals surface area contributed by atoms with Crippen molar-refractivity contribution in [2.75, 3.05) is 0 Å². The zero-order chi connectivity index (χ0) is 14.0. The molecular weight excluding hydrogens is 265 g/mol. The maximum Gasteiger partial charge on any atom is 0.142 e. The van der Waals surface area contributed by atoms with Gasteiger partial charge in [0, 0.05) is 6.54 Å². The van der Waals surface area contributed by atoms with E-state index in [4.69, 9.17) is 17.3 Å². The first-order valence-corrected chi connectivity index (χ1v) is 6.63. The summed E-state index contributed by atoms with van der Waals surface area (Å²) in [5.74, 6) is -0.411. The van der Waals surface area contributed by atoms with Crippen LogP contribution in [0.25, 0.3) is 0 Å². The SMILES string of the molecule is CCn1nc(C)cc1C(N)Cc1cccc(F)c1Cl. The van der Waals surface area contributed by atoms with Gasteiger partial charge in [-0.25, -0.2) is 4.39 Å². The molecule has 1 aromatic heterocycles. The van der Waals surface area contributed by atoms with E-state index in [1.807, 2.05) is 24.6 Å². The van der Waals surface area contributed by atoms with Crippen LogP contribution in [0.2, 0.25) is 5.02 Å². The second-order valence-electron chi connectivity index (χ2n) is 4.55. The van der Waals surface area contributed by atoms with Crippen LogP contribution in [-0.2, 0) is 13.0 Å².